The third-order valence-electron chi connectivity index (χ3n) is 5.34. The SMILES string of the molecule is Cc1ccc([C@@H]2CN(C(=O)c3cnc(N(C)C)nc3C)C[C@H]2N(C)C)cc1. The minimum atomic E-state index is 0.0132. The summed E-state index contributed by atoms with van der Waals surface area (Å²) in [7, 11) is 7.95. The van der Waals surface area contributed by atoms with Crippen molar-refractivity contribution >= 4 is 11.9 Å². The number of aromatic nitrogens is 2. The average molecular weight is 367 g/mol. The summed E-state index contributed by atoms with van der Waals surface area (Å²) in [5.74, 6) is 0.931. The molecule has 6 heteroatoms. The number of anilines is 1. The van der Waals surface area contributed by atoms with Crippen LogP contribution in [-0.2, 0) is 0 Å². The Morgan fingerprint density at radius 1 is 1.07 bits per heavy atom. The molecule has 1 saturated heterocycles. The zero-order valence-electron chi connectivity index (χ0n) is 17.1. The van der Waals surface area contributed by atoms with Gasteiger partial charge in [0.25, 0.3) is 5.91 Å². The first-order valence-corrected chi connectivity index (χ1v) is 9.31. The van der Waals surface area contributed by atoms with Crippen LogP contribution in [-0.4, -0.2) is 73.0 Å². The van der Waals surface area contributed by atoms with E-state index in [1.54, 1.807) is 6.20 Å². The predicted molar refractivity (Wildman–Crippen MR) is 108 cm³/mol. The van der Waals surface area contributed by atoms with Crippen LogP contribution in [0.25, 0.3) is 0 Å². The zero-order chi connectivity index (χ0) is 19.7. The molecule has 1 aromatic heterocycles. The number of hydrogen-bond donors (Lipinski definition) is 0. The molecule has 1 amide bonds. The first-order chi connectivity index (χ1) is 12.8. The maximum absolute atomic E-state index is 13.2. The van der Waals surface area contributed by atoms with E-state index in [0.29, 0.717) is 36.6 Å². The van der Waals surface area contributed by atoms with Gasteiger partial charge in [0.2, 0.25) is 5.95 Å². The lowest BCUT2D eigenvalue weighted by Gasteiger charge is -2.25. The largest absolute Gasteiger partial charge is 0.347 e. The molecule has 1 aliphatic rings. The van der Waals surface area contributed by atoms with Gasteiger partial charge in [-0.25, -0.2) is 9.97 Å². The summed E-state index contributed by atoms with van der Waals surface area (Å²) >= 11 is 0. The van der Waals surface area contributed by atoms with Crippen molar-refractivity contribution in [3.63, 3.8) is 0 Å². The standard InChI is InChI=1S/C21H29N5O/c1-14-7-9-16(10-8-14)18-12-26(13-19(18)24(3)4)20(27)17-11-22-21(25(5)6)23-15(17)2/h7-11,18-19H,12-13H2,1-6H3/t18-,19+/m0/s1. The van der Waals surface area contributed by atoms with Gasteiger partial charge >= 0.3 is 0 Å². The number of amides is 1. The molecule has 2 atom stereocenters. The van der Waals surface area contributed by atoms with Gasteiger partial charge < -0.3 is 14.7 Å². The third kappa shape index (κ3) is 3.95. The summed E-state index contributed by atoms with van der Waals surface area (Å²) < 4.78 is 0. The van der Waals surface area contributed by atoms with Gasteiger partial charge in [-0.05, 0) is 33.5 Å². The monoisotopic (exact) mass is 367 g/mol. The Morgan fingerprint density at radius 3 is 2.30 bits per heavy atom. The van der Waals surface area contributed by atoms with Crippen LogP contribution >= 0.6 is 0 Å². The van der Waals surface area contributed by atoms with Gasteiger partial charge in [-0.15, -0.1) is 0 Å². The number of carbonyl (C=O) groups excluding carboxylic acids is 1. The number of aryl methyl sites for hydroxylation is 2. The second-order valence-corrected chi connectivity index (χ2v) is 7.82. The summed E-state index contributed by atoms with van der Waals surface area (Å²) in [6.45, 7) is 5.38. The third-order valence-corrected chi connectivity index (χ3v) is 5.34. The molecule has 0 bridgehead atoms. The molecule has 0 N–H and O–H groups in total. The van der Waals surface area contributed by atoms with E-state index in [0.717, 1.165) is 5.69 Å². The summed E-state index contributed by atoms with van der Waals surface area (Å²) in [5.41, 5.74) is 3.84. The van der Waals surface area contributed by atoms with E-state index in [4.69, 9.17) is 0 Å². The number of hydrogen-bond acceptors (Lipinski definition) is 5. The molecule has 3 rings (SSSR count). The lowest BCUT2D eigenvalue weighted by atomic mass is 9.93. The van der Waals surface area contributed by atoms with Gasteiger partial charge in [-0.3, -0.25) is 4.79 Å². The molecule has 0 saturated carbocycles. The molecule has 144 valence electrons. The van der Waals surface area contributed by atoms with Crippen LogP contribution in [0.15, 0.2) is 30.5 Å². The van der Waals surface area contributed by atoms with E-state index in [-0.39, 0.29) is 5.91 Å². The van der Waals surface area contributed by atoms with E-state index in [1.807, 2.05) is 30.8 Å². The smallest absolute Gasteiger partial charge is 0.257 e. The molecule has 6 nitrogen and oxygen atoms in total. The quantitative estimate of drug-likeness (QED) is 0.830. The fourth-order valence-corrected chi connectivity index (χ4v) is 3.67. The van der Waals surface area contributed by atoms with Crippen LogP contribution in [0.1, 0.15) is 33.1 Å². The van der Waals surface area contributed by atoms with Crippen LogP contribution < -0.4 is 4.90 Å². The molecule has 1 aliphatic heterocycles. The van der Waals surface area contributed by atoms with Crippen molar-refractivity contribution in [2.45, 2.75) is 25.8 Å². The van der Waals surface area contributed by atoms with Crippen molar-refractivity contribution in [3.05, 3.63) is 52.8 Å². The fourth-order valence-electron chi connectivity index (χ4n) is 3.67. The van der Waals surface area contributed by atoms with Crippen molar-refractivity contribution in [1.82, 2.24) is 19.8 Å². The van der Waals surface area contributed by atoms with Crippen molar-refractivity contribution < 1.29 is 4.79 Å². The average Bonchev–Trinajstić information content (AvgIpc) is 3.07. The van der Waals surface area contributed by atoms with Gasteiger partial charge in [0, 0.05) is 45.3 Å². The summed E-state index contributed by atoms with van der Waals surface area (Å²) in [4.78, 5) is 28.0. The Labute approximate surface area is 161 Å². The number of likely N-dealkylation sites (N-methyl/N-ethyl adjacent to an activating group) is 1. The van der Waals surface area contributed by atoms with Crippen LogP contribution in [0.5, 0.6) is 0 Å². The normalized spacial score (nSPS) is 19.6. The highest BCUT2D eigenvalue weighted by Crippen LogP contribution is 2.31. The highest BCUT2D eigenvalue weighted by Gasteiger charge is 2.38. The first-order valence-electron chi connectivity index (χ1n) is 9.31. The van der Waals surface area contributed by atoms with Crippen molar-refractivity contribution in [2.24, 2.45) is 0 Å². The van der Waals surface area contributed by atoms with Gasteiger partial charge in [0.1, 0.15) is 0 Å². The lowest BCUT2D eigenvalue weighted by molar-refractivity contribution is 0.0780. The Bertz CT molecular complexity index is 816. The van der Waals surface area contributed by atoms with Crippen LogP contribution in [0, 0.1) is 13.8 Å². The van der Waals surface area contributed by atoms with E-state index >= 15 is 0 Å². The summed E-state index contributed by atoms with van der Waals surface area (Å²) in [6, 6.07) is 8.95. The molecule has 0 radical (unpaired) electrons. The summed E-state index contributed by atoms with van der Waals surface area (Å²) in [6.07, 6.45) is 1.66. The second-order valence-electron chi connectivity index (χ2n) is 7.82. The van der Waals surface area contributed by atoms with E-state index in [1.165, 1.54) is 11.1 Å². The number of nitrogens with zero attached hydrogens (tertiary/aromatic N) is 5. The molecule has 1 aromatic carbocycles. The molecular weight excluding hydrogens is 338 g/mol. The summed E-state index contributed by atoms with van der Waals surface area (Å²) in [5, 5.41) is 0. The topological polar surface area (TPSA) is 52.6 Å². The van der Waals surface area contributed by atoms with Gasteiger partial charge in [0.15, 0.2) is 0 Å². The van der Waals surface area contributed by atoms with Crippen LogP contribution in [0.4, 0.5) is 5.95 Å². The lowest BCUT2D eigenvalue weighted by Crippen LogP contribution is -2.36. The Kier molecular flexibility index (Phi) is 5.46. The van der Waals surface area contributed by atoms with Crippen molar-refractivity contribution in [1.29, 1.82) is 0 Å². The molecule has 0 spiro atoms. The van der Waals surface area contributed by atoms with E-state index in [9.17, 15) is 4.79 Å². The minimum Gasteiger partial charge on any atom is -0.347 e. The maximum Gasteiger partial charge on any atom is 0.257 e. The maximum atomic E-state index is 13.2. The zero-order valence-corrected chi connectivity index (χ0v) is 17.1. The minimum absolute atomic E-state index is 0.0132. The number of likely N-dealkylation sites (tertiary alicyclic amines) is 1. The van der Waals surface area contributed by atoms with E-state index < -0.39 is 0 Å². The van der Waals surface area contributed by atoms with Crippen molar-refractivity contribution in [2.75, 3.05) is 46.2 Å². The molecular formula is C21H29N5O. The second kappa shape index (κ2) is 7.64. The molecule has 27 heavy (non-hydrogen) atoms. The Hall–Kier alpha value is -2.47. The van der Waals surface area contributed by atoms with Gasteiger partial charge in [-0.1, -0.05) is 29.8 Å². The Morgan fingerprint density at radius 2 is 1.74 bits per heavy atom. The molecule has 0 aliphatic carbocycles. The van der Waals surface area contributed by atoms with Crippen molar-refractivity contribution in [3.8, 4) is 0 Å². The molecule has 2 aromatic rings. The van der Waals surface area contributed by atoms with E-state index in [2.05, 4.69) is 60.2 Å². The molecule has 0 unspecified atom stereocenters. The number of rotatable bonds is 4. The number of benzene rings is 1. The predicted octanol–water partition coefficient (Wildman–Crippen LogP) is 2.33. The Balaban J connectivity index is 1.85. The van der Waals surface area contributed by atoms with Gasteiger partial charge in [0.05, 0.1) is 11.3 Å². The fraction of sp³-hybridized carbons (Fsp3) is 0.476. The number of carbonyl (C=O) groups is 1. The highest BCUT2D eigenvalue weighted by molar-refractivity contribution is 5.95. The van der Waals surface area contributed by atoms with Crippen LogP contribution in [0.3, 0.4) is 0 Å². The molecule has 2 heterocycles. The highest BCUT2D eigenvalue weighted by atomic mass is 16.2. The van der Waals surface area contributed by atoms with Gasteiger partial charge in [-0.2, -0.15) is 0 Å². The molecule has 1 fully saturated rings. The first kappa shape index (κ1) is 19.3. The van der Waals surface area contributed by atoms with Crippen LogP contribution in [0.2, 0.25) is 0 Å².